The summed E-state index contributed by atoms with van der Waals surface area (Å²) in [4.78, 5) is 2.51. The number of hydrogen-bond donors (Lipinski definition) is 0. The quantitative estimate of drug-likeness (QED) is 0.739. The number of anilines is 1. The molecule has 86 valence electrons. The van der Waals surface area contributed by atoms with Crippen LogP contribution in [-0.4, -0.2) is 13.1 Å². The van der Waals surface area contributed by atoms with Gasteiger partial charge >= 0.3 is 0 Å². The molecular weight excluding hydrogens is 194 g/mol. The summed E-state index contributed by atoms with van der Waals surface area (Å²) in [5.74, 6) is 0. The maximum atomic E-state index is 3.87. The average molecular weight is 215 g/mol. The minimum absolute atomic E-state index is 1.09. The first-order valence-electron chi connectivity index (χ1n) is 6.35. The van der Waals surface area contributed by atoms with Gasteiger partial charge < -0.3 is 4.90 Å². The lowest BCUT2D eigenvalue weighted by Gasteiger charge is -2.29. The monoisotopic (exact) mass is 215 g/mol. The molecule has 0 unspecified atom stereocenters. The van der Waals surface area contributed by atoms with Gasteiger partial charge in [0, 0.05) is 18.8 Å². The van der Waals surface area contributed by atoms with E-state index in [1.165, 1.54) is 49.2 Å². The smallest absolute Gasteiger partial charge is 0.0369 e. The minimum atomic E-state index is 1.09. The van der Waals surface area contributed by atoms with Crippen molar-refractivity contribution in [3.8, 4) is 0 Å². The van der Waals surface area contributed by atoms with Crippen LogP contribution in [0.3, 0.4) is 0 Å². The van der Waals surface area contributed by atoms with Crippen molar-refractivity contribution in [2.24, 2.45) is 0 Å². The summed E-state index contributed by atoms with van der Waals surface area (Å²) < 4.78 is 0. The molecule has 1 aromatic rings. The van der Waals surface area contributed by atoms with E-state index < -0.39 is 0 Å². The number of nitrogens with zero attached hydrogens (tertiary/aromatic N) is 1. The molecule has 0 amide bonds. The summed E-state index contributed by atoms with van der Waals surface area (Å²) in [5, 5.41) is 0. The van der Waals surface area contributed by atoms with Crippen molar-refractivity contribution in [1.29, 1.82) is 0 Å². The Bertz CT molecular complexity index is 362. The summed E-state index contributed by atoms with van der Waals surface area (Å²) in [6.45, 7) is 8.52. The Balaban J connectivity index is 2.24. The Kier molecular flexibility index (Phi) is 3.66. The zero-order chi connectivity index (χ0) is 11.4. The van der Waals surface area contributed by atoms with Crippen LogP contribution >= 0.6 is 0 Å². The molecule has 0 atom stereocenters. The summed E-state index contributed by atoms with van der Waals surface area (Å²) >= 11 is 0. The molecule has 1 aromatic carbocycles. The molecule has 0 aromatic heterocycles. The standard InChI is InChI=1S/C15H21N/c1-3-13-8-9-15(12-14(13)4-2)16-10-6-5-7-11-16/h3,8-9,12H,1,4-7,10-11H2,2H3. The molecule has 0 N–H and O–H groups in total. The molecule has 0 bridgehead atoms. The van der Waals surface area contributed by atoms with Gasteiger partial charge in [-0.05, 0) is 48.9 Å². The fourth-order valence-electron chi connectivity index (χ4n) is 2.45. The molecular formula is C15H21N. The predicted octanol–water partition coefficient (Wildman–Crippen LogP) is 3.88. The Morgan fingerprint density at radius 2 is 2.00 bits per heavy atom. The first kappa shape index (κ1) is 11.3. The van der Waals surface area contributed by atoms with Crippen LogP contribution in [0.5, 0.6) is 0 Å². The Labute approximate surface area is 98.8 Å². The lowest BCUT2D eigenvalue weighted by molar-refractivity contribution is 0.577. The number of benzene rings is 1. The first-order valence-corrected chi connectivity index (χ1v) is 6.35. The molecule has 1 heterocycles. The number of hydrogen-bond acceptors (Lipinski definition) is 1. The van der Waals surface area contributed by atoms with Crippen LogP contribution in [0.2, 0.25) is 0 Å². The van der Waals surface area contributed by atoms with Crippen molar-refractivity contribution >= 4 is 11.8 Å². The third-order valence-corrected chi connectivity index (χ3v) is 3.45. The normalized spacial score (nSPS) is 16.2. The summed E-state index contributed by atoms with van der Waals surface area (Å²) in [6.07, 6.45) is 7.11. The van der Waals surface area contributed by atoms with Crippen molar-refractivity contribution < 1.29 is 0 Å². The lowest BCUT2D eigenvalue weighted by Crippen LogP contribution is -2.29. The van der Waals surface area contributed by atoms with Crippen LogP contribution in [0.4, 0.5) is 5.69 Å². The Hall–Kier alpha value is -1.24. The van der Waals surface area contributed by atoms with Crippen LogP contribution < -0.4 is 4.90 Å². The van der Waals surface area contributed by atoms with Crippen LogP contribution in [-0.2, 0) is 6.42 Å². The molecule has 0 radical (unpaired) electrons. The van der Waals surface area contributed by atoms with E-state index in [9.17, 15) is 0 Å². The van der Waals surface area contributed by atoms with Gasteiger partial charge in [-0.25, -0.2) is 0 Å². The largest absolute Gasteiger partial charge is 0.372 e. The van der Waals surface area contributed by atoms with E-state index in [1.807, 2.05) is 6.08 Å². The van der Waals surface area contributed by atoms with Crippen LogP contribution in [0.1, 0.15) is 37.3 Å². The molecule has 1 aliphatic heterocycles. The highest BCUT2D eigenvalue weighted by Crippen LogP contribution is 2.23. The molecule has 1 fully saturated rings. The topological polar surface area (TPSA) is 3.24 Å². The predicted molar refractivity (Wildman–Crippen MR) is 72.0 cm³/mol. The highest BCUT2D eigenvalue weighted by molar-refractivity contribution is 5.59. The maximum absolute atomic E-state index is 3.87. The lowest BCUT2D eigenvalue weighted by atomic mass is 10.0. The molecule has 1 nitrogen and oxygen atoms in total. The molecule has 1 saturated heterocycles. The van der Waals surface area contributed by atoms with Gasteiger partial charge in [-0.3, -0.25) is 0 Å². The minimum Gasteiger partial charge on any atom is -0.372 e. The first-order chi connectivity index (χ1) is 7.85. The van der Waals surface area contributed by atoms with Gasteiger partial charge in [-0.2, -0.15) is 0 Å². The summed E-state index contributed by atoms with van der Waals surface area (Å²) in [7, 11) is 0. The van der Waals surface area contributed by atoms with E-state index in [2.05, 4.69) is 36.6 Å². The highest BCUT2D eigenvalue weighted by atomic mass is 15.1. The summed E-state index contributed by atoms with van der Waals surface area (Å²) in [5.41, 5.74) is 4.09. The number of piperidine rings is 1. The Morgan fingerprint density at radius 3 is 2.62 bits per heavy atom. The van der Waals surface area contributed by atoms with Gasteiger partial charge in [0.2, 0.25) is 0 Å². The van der Waals surface area contributed by atoms with Gasteiger partial charge in [0.15, 0.2) is 0 Å². The van der Waals surface area contributed by atoms with Crippen molar-refractivity contribution in [2.45, 2.75) is 32.6 Å². The van der Waals surface area contributed by atoms with E-state index in [0.29, 0.717) is 0 Å². The second-order valence-electron chi connectivity index (χ2n) is 4.49. The summed E-state index contributed by atoms with van der Waals surface area (Å²) in [6, 6.07) is 6.78. The van der Waals surface area contributed by atoms with E-state index in [-0.39, 0.29) is 0 Å². The molecule has 1 heteroatoms. The van der Waals surface area contributed by atoms with Gasteiger partial charge in [0.25, 0.3) is 0 Å². The van der Waals surface area contributed by atoms with Crippen molar-refractivity contribution in [1.82, 2.24) is 0 Å². The van der Waals surface area contributed by atoms with Crippen LogP contribution in [0.25, 0.3) is 6.08 Å². The van der Waals surface area contributed by atoms with Gasteiger partial charge in [0.1, 0.15) is 0 Å². The third kappa shape index (κ3) is 2.29. The zero-order valence-electron chi connectivity index (χ0n) is 10.2. The van der Waals surface area contributed by atoms with Gasteiger partial charge in [-0.1, -0.05) is 25.6 Å². The van der Waals surface area contributed by atoms with Crippen molar-refractivity contribution in [2.75, 3.05) is 18.0 Å². The average Bonchev–Trinajstić information content (AvgIpc) is 2.39. The molecule has 0 aliphatic carbocycles. The second kappa shape index (κ2) is 5.20. The fraction of sp³-hybridized carbons (Fsp3) is 0.467. The van der Waals surface area contributed by atoms with Gasteiger partial charge in [-0.15, -0.1) is 0 Å². The van der Waals surface area contributed by atoms with Crippen molar-refractivity contribution in [3.05, 3.63) is 35.9 Å². The van der Waals surface area contributed by atoms with Crippen LogP contribution in [0, 0.1) is 0 Å². The number of rotatable bonds is 3. The zero-order valence-corrected chi connectivity index (χ0v) is 10.2. The van der Waals surface area contributed by atoms with E-state index in [1.54, 1.807) is 0 Å². The van der Waals surface area contributed by atoms with E-state index in [0.717, 1.165) is 6.42 Å². The molecule has 0 saturated carbocycles. The second-order valence-corrected chi connectivity index (χ2v) is 4.49. The van der Waals surface area contributed by atoms with Crippen LogP contribution in [0.15, 0.2) is 24.8 Å². The SMILES string of the molecule is C=Cc1ccc(N2CCCCC2)cc1CC. The highest BCUT2D eigenvalue weighted by Gasteiger charge is 2.11. The van der Waals surface area contributed by atoms with E-state index in [4.69, 9.17) is 0 Å². The molecule has 2 rings (SSSR count). The molecule has 1 aliphatic rings. The third-order valence-electron chi connectivity index (χ3n) is 3.45. The fourth-order valence-corrected chi connectivity index (χ4v) is 2.45. The molecule has 16 heavy (non-hydrogen) atoms. The van der Waals surface area contributed by atoms with E-state index >= 15 is 0 Å². The van der Waals surface area contributed by atoms with Crippen molar-refractivity contribution in [3.63, 3.8) is 0 Å². The molecule has 0 spiro atoms. The number of aryl methyl sites for hydroxylation is 1. The van der Waals surface area contributed by atoms with Gasteiger partial charge in [0.05, 0.1) is 0 Å². The maximum Gasteiger partial charge on any atom is 0.0369 e. The Morgan fingerprint density at radius 1 is 1.25 bits per heavy atom.